The van der Waals surface area contributed by atoms with Crippen LogP contribution in [0, 0.1) is 6.92 Å². The van der Waals surface area contributed by atoms with Crippen molar-refractivity contribution in [2.75, 3.05) is 42.9 Å². The maximum absolute atomic E-state index is 12.3. The quantitative estimate of drug-likeness (QED) is 0.804. The highest BCUT2D eigenvalue weighted by Crippen LogP contribution is 2.30. The Bertz CT molecular complexity index is 792. The molecule has 0 bridgehead atoms. The van der Waals surface area contributed by atoms with E-state index in [0.717, 1.165) is 49.9 Å². The normalized spacial score (nSPS) is 15.6. The Kier molecular flexibility index (Phi) is 6.01. The van der Waals surface area contributed by atoms with Crippen molar-refractivity contribution in [3.8, 4) is 0 Å². The average Bonchev–Trinajstić information content (AvgIpc) is 3.06. The molecule has 1 aliphatic heterocycles. The zero-order valence-corrected chi connectivity index (χ0v) is 15.9. The van der Waals surface area contributed by atoms with E-state index in [9.17, 15) is 4.79 Å². The van der Waals surface area contributed by atoms with Crippen LogP contribution in [0.1, 0.15) is 18.4 Å². The van der Waals surface area contributed by atoms with E-state index in [1.807, 2.05) is 31.2 Å². The summed E-state index contributed by atoms with van der Waals surface area (Å²) in [5, 5.41) is 3.54. The molecule has 0 radical (unpaired) electrons. The molecular formula is C20H24ClN3O2. The molecule has 2 aromatic rings. The molecule has 0 unspecified atom stereocenters. The number of aryl methyl sites for hydroxylation is 1. The molecule has 1 fully saturated rings. The average molecular weight is 374 g/mol. The lowest BCUT2D eigenvalue weighted by Gasteiger charge is -2.36. The molecule has 0 saturated carbocycles. The van der Waals surface area contributed by atoms with Gasteiger partial charge in [-0.2, -0.15) is 0 Å². The lowest BCUT2D eigenvalue weighted by molar-refractivity contribution is -0.111. The van der Waals surface area contributed by atoms with Crippen LogP contribution in [0.15, 0.2) is 40.8 Å². The fraction of sp³-hybridized carbons (Fsp3) is 0.350. The van der Waals surface area contributed by atoms with E-state index >= 15 is 0 Å². The number of rotatable bonds is 5. The molecule has 1 saturated heterocycles. The Morgan fingerprint density at radius 2 is 2.00 bits per heavy atom. The van der Waals surface area contributed by atoms with E-state index < -0.39 is 0 Å². The van der Waals surface area contributed by atoms with Gasteiger partial charge < -0.3 is 19.5 Å². The summed E-state index contributed by atoms with van der Waals surface area (Å²) in [6, 6.07) is 9.32. The van der Waals surface area contributed by atoms with Crippen molar-refractivity contribution in [2.45, 2.75) is 13.8 Å². The second-order valence-corrected chi connectivity index (χ2v) is 6.79. The predicted octanol–water partition coefficient (Wildman–Crippen LogP) is 4.04. The largest absolute Gasteiger partial charge is 0.462 e. The van der Waals surface area contributed by atoms with Crippen LogP contribution in [0.4, 0.5) is 11.4 Å². The van der Waals surface area contributed by atoms with Crippen LogP contribution in [0.3, 0.4) is 0 Å². The summed E-state index contributed by atoms with van der Waals surface area (Å²) in [6.07, 6.45) is 3.13. The van der Waals surface area contributed by atoms with Crippen molar-refractivity contribution in [3.05, 3.63) is 53.0 Å². The number of furan rings is 1. The van der Waals surface area contributed by atoms with E-state index in [-0.39, 0.29) is 5.91 Å². The molecule has 0 spiro atoms. The highest BCUT2D eigenvalue weighted by Gasteiger charge is 2.19. The monoisotopic (exact) mass is 373 g/mol. The van der Waals surface area contributed by atoms with Crippen LogP contribution in [0.5, 0.6) is 0 Å². The highest BCUT2D eigenvalue weighted by molar-refractivity contribution is 6.31. The second-order valence-electron chi connectivity index (χ2n) is 6.35. The molecule has 1 aromatic carbocycles. The van der Waals surface area contributed by atoms with Gasteiger partial charge in [0.15, 0.2) is 0 Å². The van der Waals surface area contributed by atoms with Crippen molar-refractivity contribution in [2.24, 2.45) is 0 Å². The molecule has 1 aliphatic rings. The summed E-state index contributed by atoms with van der Waals surface area (Å²) < 4.78 is 5.44. The Morgan fingerprint density at radius 1 is 1.23 bits per heavy atom. The van der Waals surface area contributed by atoms with Crippen LogP contribution >= 0.6 is 11.6 Å². The van der Waals surface area contributed by atoms with Crippen molar-refractivity contribution in [1.29, 1.82) is 0 Å². The topological polar surface area (TPSA) is 48.7 Å². The number of carbonyl (C=O) groups is 1. The molecule has 26 heavy (non-hydrogen) atoms. The van der Waals surface area contributed by atoms with E-state index in [1.165, 1.54) is 6.08 Å². The first-order valence-corrected chi connectivity index (χ1v) is 9.25. The number of hydrogen-bond donors (Lipinski definition) is 1. The third-order valence-corrected chi connectivity index (χ3v) is 4.77. The van der Waals surface area contributed by atoms with Crippen molar-refractivity contribution >= 4 is 35.0 Å². The fourth-order valence-electron chi connectivity index (χ4n) is 3.06. The van der Waals surface area contributed by atoms with E-state index in [2.05, 4.69) is 22.0 Å². The van der Waals surface area contributed by atoms with E-state index in [4.69, 9.17) is 16.0 Å². The maximum Gasteiger partial charge on any atom is 0.248 e. The standard InChI is InChI=1S/C20H24ClN3O2/c1-3-23-10-12-24(13-11-23)19-8-5-16(21)14-18(19)22-20(25)9-7-17-6-4-15(2)26-17/h4-9,14H,3,10-13H2,1-2H3,(H,22,25)/b9-7+. The van der Waals surface area contributed by atoms with Crippen molar-refractivity contribution in [1.82, 2.24) is 4.90 Å². The third-order valence-electron chi connectivity index (χ3n) is 4.54. The van der Waals surface area contributed by atoms with E-state index in [1.54, 1.807) is 12.1 Å². The Labute approximate surface area is 159 Å². The molecule has 2 heterocycles. The lowest BCUT2D eigenvalue weighted by atomic mass is 10.2. The van der Waals surface area contributed by atoms with Gasteiger partial charge in [0.1, 0.15) is 11.5 Å². The van der Waals surface area contributed by atoms with Gasteiger partial charge in [0, 0.05) is 37.3 Å². The van der Waals surface area contributed by atoms with Crippen LogP contribution in [0.2, 0.25) is 5.02 Å². The summed E-state index contributed by atoms with van der Waals surface area (Å²) in [4.78, 5) is 17.0. The van der Waals surface area contributed by atoms with Crippen LogP contribution in [0.25, 0.3) is 6.08 Å². The molecule has 3 rings (SSSR count). The number of nitrogens with one attached hydrogen (secondary N) is 1. The molecule has 0 aliphatic carbocycles. The van der Waals surface area contributed by atoms with E-state index in [0.29, 0.717) is 10.8 Å². The first-order valence-electron chi connectivity index (χ1n) is 8.87. The summed E-state index contributed by atoms with van der Waals surface area (Å²) >= 11 is 6.15. The SMILES string of the molecule is CCN1CCN(c2ccc(Cl)cc2NC(=O)/C=C/c2ccc(C)o2)CC1. The zero-order chi connectivity index (χ0) is 18.5. The number of piperazine rings is 1. The number of amides is 1. The number of hydrogen-bond acceptors (Lipinski definition) is 4. The number of anilines is 2. The Balaban J connectivity index is 1.71. The first-order chi connectivity index (χ1) is 12.5. The molecule has 5 nitrogen and oxygen atoms in total. The van der Waals surface area contributed by atoms with Crippen molar-refractivity contribution in [3.63, 3.8) is 0 Å². The van der Waals surface area contributed by atoms with Gasteiger partial charge in [-0.3, -0.25) is 4.79 Å². The number of carbonyl (C=O) groups excluding carboxylic acids is 1. The minimum Gasteiger partial charge on any atom is -0.462 e. The van der Waals surface area contributed by atoms with Gasteiger partial charge in [-0.05, 0) is 49.9 Å². The van der Waals surface area contributed by atoms with Crippen LogP contribution in [-0.2, 0) is 4.79 Å². The van der Waals surface area contributed by atoms with Gasteiger partial charge >= 0.3 is 0 Å². The molecule has 6 heteroatoms. The molecular weight excluding hydrogens is 350 g/mol. The smallest absolute Gasteiger partial charge is 0.248 e. The number of likely N-dealkylation sites (N-methyl/N-ethyl adjacent to an activating group) is 1. The summed E-state index contributed by atoms with van der Waals surface area (Å²) in [5.41, 5.74) is 1.73. The van der Waals surface area contributed by atoms with Crippen molar-refractivity contribution < 1.29 is 9.21 Å². The zero-order valence-electron chi connectivity index (χ0n) is 15.2. The maximum atomic E-state index is 12.3. The number of benzene rings is 1. The number of nitrogens with zero attached hydrogens (tertiary/aromatic N) is 2. The minimum atomic E-state index is -0.213. The fourth-order valence-corrected chi connectivity index (χ4v) is 3.24. The van der Waals surface area contributed by atoms with Gasteiger partial charge in [-0.15, -0.1) is 0 Å². The summed E-state index contributed by atoms with van der Waals surface area (Å²) in [7, 11) is 0. The van der Waals surface area contributed by atoms with Gasteiger partial charge in [0.2, 0.25) is 5.91 Å². The van der Waals surface area contributed by atoms with Gasteiger partial charge in [0.25, 0.3) is 0 Å². The Morgan fingerprint density at radius 3 is 2.65 bits per heavy atom. The minimum absolute atomic E-state index is 0.213. The van der Waals surface area contributed by atoms with Gasteiger partial charge in [0.05, 0.1) is 11.4 Å². The molecule has 1 N–H and O–H groups in total. The summed E-state index contributed by atoms with van der Waals surface area (Å²) in [6.45, 7) is 9.01. The Hall–Kier alpha value is -2.24. The number of halogens is 1. The van der Waals surface area contributed by atoms with Gasteiger partial charge in [-0.25, -0.2) is 0 Å². The first kappa shape index (κ1) is 18.5. The lowest BCUT2D eigenvalue weighted by Crippen LogP contribution is -2.46. The third kappa shape index (κ3) is 4.68. The molecule has 0 atom stereocenters. The van der Waals surface area contributed by atoms with Crippen LogP contribution in [-0.4, -0.2) is 43.5 Å². The predicted molar refractivity (Wildman–Crippen MR) is 107 cm³/mol. The second kappa shape index (κ2) is 8.43. The molecule has 1 aromatic heterocycles. The molecule has 138 valence electrons. The molecule has 1 amide bonds. The highest BCUT2D eigenvalue weighted by atomic mass is 35.5. The van der Waals surface area contributed by atoms with Crippen LogP contribution < -0.4 is 10.2 Å². The summed E-state index contributed by atoms with van der Waals surface area (Å²) in [5.74, 6) is 1.25. The van der Waals surface area contributed by atoms with Gasteiger partial charge in [-0.1, -0.05) is 18.5 Å².